The molecule has 0 radical (unpaired) electrons. The first-order chi connectivity index (χ1) is 25.1. The fourth-order valence-electron chi connectivity index (χ4n) is 8.87. The van der Waals surface area contributed by atoms with Crippen LogP contribution in [0.2, 0.25) is 0 Å². The lowest BCUT2D eigenvalue weighted by Gasteiger charge is -2.67. The van der Waals surface area contributed by atoms with Gasteiger partial charge >= 0.3 is 41.8 Å². The van der Waals surface area contributed by atoms with Crippen LogP contribution in [-0.2, 0) is 73.1 Å². The first kappa shape index (κ1) is 40.5. The molecule has 2 aliphatic heterocycles. The van der Waals surface area contributed by atoms with E-state index in [0.717, 1.165) is 41.5 Å². The van der Waals surface area contributed by atoms with Crippen LogP contribution in [-0.4, -0.2) is 124 Å². The molecule has 3 heterocycles. The van der Waals surface area contributed by atoms with Crippen LogP contribution in [0.4, 0.5) is 0 Å². The lowest BCUT2D eigenvalue weighted by molar-refractivity contribution is -0.386. The predicted octanol–water partition coefficient (Wildman–Crippen LogP) is 0.292. The van der Waals surface area contributed by atoms with Crippen LogP contribution in [0.5, 0.6) is 0 Å². The van der Waals surface area contributed by atoms with E-state index in [2.05, 4.69) is 4.98 Å². The van der Waals surface area contributed by atoms with Gasteiger partial charge in [0.05, 0.1) is 23.1 Å². The number of aromatic nitrogens is 1. The fourth-order valence-corrected chi connectivity index (χ4v) is 8.87. The van der Waals surface area contributed by atoms with Gasteiger partial charge in [-0.15, -0.1) is 0 Å². The summed E-state index contributed by atoms with van der Waals surface area (Å²) in [6.07, 6.45) is -10.3. The first-order valence-electron chi connectivity index (χ1n) is 17.4. The zero-order valence-electron chi connectivity index (χ0n) is 31.1. The summed E-state index contributed by atoms with van der Waals surface area (Å²) in [4.78, 5) is 96.6. The van der Waals surface area contributed by atoms with Crippen molar-refractivity contribution >= 4 is 41.8 Å². The molecule has 1 aromatic heterocycles. The summed E-state index contributed by atoms with van der Waals surface area (Å²) in [5.74, 6) is -9.27. The Morgan fingerprint density at radius 2 is 1.48 bits per heavy atom. The van der Waals surface area contributed by atoms with Gasteiger partial charge in [0.1, 0.15) is 54.2 Å². The number of hydrogen-bond donors (Lipinski definition) is 2. The normalized spacial score (nSPS) is 38.6. The van der Waals surface area contributed by atoms with Crippen molar-refractivity contribution in [2.45, 2.75) is 122 Å². The number of cyclic esters (lactones) is 1. The highest BCUT2D eigenvalue weighted by atomic mass is 16.7. The molecule has 1 aromatic rings. The number of aliphatic hydroxyl groups is 2. The fraction of sp³-hybridized carbons (Fsp3) is 0.667. The number of carbonyl (C=O) groups is 7. The molecule has 1 saturated heterocycles. The molecule has 18 nitrogen and oxygen atoms in total. The van der Waals surface area contributed by atoms with Gasteiger partial charge in [-0.25, -0.2) is 4.79 Å². The number of aryl methyl sites for hydroxylation is 1. The molecule has 0 amide bonds. The molecule has 5 rings (SSSR count). The molecule has 296 valence electrons. The van der Waals surface area contributed by atoms with Crippen LogP contribution in [0, 0.1) is 17.3 Å². The van der Waals surface area contributed by atoms with Crippen molar-refractivity contribution in [2.24, 2.45) is 17.3 Å². The average molecular weight is 764 g/mol. The standard InChI is InChI=1S/C36H45NO17/c1-16-11-12-23-22(10-9-13-37-23)32(45)48-14-33(7)24-26(49-18(3)39)30(52-21(6)42)35(15-47-17(2)38)29(51-20(5)41)25(43)28(53-31(16)44)34(8,46)36(35,54-33)27(24)50-19(4)40/h9-10,13,16,24-30,43,46H,11-12,14-15H2,1-8H3. The number of pyridine rings is 1. The van der Waals surface area contributed by atoms with Gasteiger partial charge in [0.2, 0.25) is 0 Å². The summed E-state index contributed by atoms with van der Waals surface area (Å²) >= 11 is 0. The maximum Gasteiger partial charge on any atom is 0.340 e. The minimum absolute atomic E-state index is 0.0434. The van der Waals surface area contributed by atoms with Crippen molar-refractivity contribution in [1.82, 2.24) is 4.98 Å². The van der Waals surface area contributed by atoms with Gasteiger partial charge in [0, 0.05) is 40.8 Å². The SMILES string of the molecule is CC(=O)OCC12C(OC(C)=O)C(O)C3OC(=O)C(C)CCc4ncccc4C(=O)OCC4(C)OC1(C(OC(C)=O)C4C(OC(C)=O)C2OC(C)=O)C3(C)O. The van der Waals surface area contributed by atoms with Gasteiger partial charge < -0.3 is 48.1 Å². The summed E-state index contributed by atoms with van der Waals surface area (Å²) in [5, 5.41) is 25.4. The Bertz CT molecular complexity index is 1730. The molecule has 2 N–H and O–H groups in total. The molecule has 1 spiro atoms. The molecule has 4 aliphatic rings. The van der Waals surface area contributed by atoms with Gasteiger partial charge in [-0.3, -0.25) is 33.8 Å². The van der Waals surface area contributed by atoms with Crippen molar-refractivity contribution in [3.63, 3.8) is 0 Å². The van der Waals surface area contributed by atoms with E-state index in [-0.39, 0.29) is 24.1 Å². The smallest absolute Gasteiger partial charge is 0.340 e. The first-order valence-corrected chi connectivity index (χ1v) is 17.4. The van der Waals surface area contributed by atoms with Crippen LogP contribution in [0.15, 0.2) is 18.3 Å². The Labute approximate surface area is 310 Å². The molecular weight excluding hydrogens is 718 g/mol. The summed E-state index contributed by atoms with van der Waals surface area (Å²) in [6.45, 7) is 7.26. The van der Waals surface area contributed by atoms with E-state index in [1.165, 1.54) is 32.2 Å². The summed E-state index contributed by atoms with van der Waals surface area (Å²) < 4.78 is 47.7. The predicted molar refractivity (Wildman–Crippen MR) is 176 cm³/mol. The zero-order valence-corrected chi connectivity index (χ0v) is 31.1. The largest absolute Gasteiger partial charge is 0.465 e. The minimum atomic E-state index is -2.76. The van der Waals surface area contributed by atoms with Crippen molar-refractivity contribution in [3.8, 4) is 0 Å². The Morgan fingerprint density at radius 3 is 2.07 bits per heavy atom. The number of aliphatic hydroxyl groups excluding tert-OH is 1. The third-order valence-corrected chi connectivity index (χ3v) is 10.9. The summed E-state index contributed by atoms with van der Waals surface area (Å²) in [6, 6.07) is 2.96. The third-order valence-electron chi connectivity index (χ3n) is 10.9. The molecule has 12 unspecified atom stereocenters. The van der Waals surface area contributed by atoms with E-state index >= 15 is 0 Å². The monoisotopic (exact) mass is 763 g/mol. The van der Waals surface area contributed by atoms with Crippen LogP contribution in [0.1, 0.15) is 77.9 Å². The summed E-state index contributed by atoms with van der Waals surface area (Å²) in [5.41, 5.74) is -9.68. The van der Waals surface area contributed by atoms with E-state index < -0.39 is 126 Å². The second-order valence-electron chi connectivity index (χ2n) is 14.7. The Hall–Kier alpha value is -4.68. The molecule has 0 aromatic carbocycles. The van der Waals surface area contributed by atoms with Gasteiger partial charge in [-0.1, -0.05) is 6.92 Å². The van der Waals surface area contributed by atoms with E-state index in [9.17, 15) is 43.8 Å². The van der Waals surface area contributed by atoms with Crippen molar-refractivity contribution in [3.05, 3.63) is 29.6 Å². The number of nitrogens with zero attached hydrogens (tertiary/aromatic N) is 1. The van der Waals surface area contributed by atoms with Crippen LogP contribution in [0.3, 0.4) is 0 Å². The number of carbonyl (C=O) groups excluding carboxylic acids is 7. The van der Waals surface area contributed by atoms with E-state index in [0.29, 0.717) is 0 Å². The highest BCUT2D eigenvalue weighted by molar-refractivity contribution is 5.90. The Morgan fingerprint density at radius 1 is 0.889 bits per heavy atom. The van der Waals surface area contributed by atoms with Gasteiger partial charge in [0.15, 0.2) is 17.8 Å². The Kier molecular flexibility index (Phi) is 10.9. The molecule has 54 heavy (non-hydrogen) atoms. The van der Waals surface area contributed by atoms with Crippen molar-refractivity contribution in [1.29, 1.82) is 0 Å². The molecule has 18 heteroatoms. The van der Waals surface area contributed by atoms with E-state index in [4.69, 9.17) is 37.9 Å². The average Bonchev–Trinajstić information content (AvgIpc) is 3.29. The number of rotatable bonds is 6. The zero-order chi connectivity index (χ0) is 40.1. The number of hydrogen-bond acceptors (Lipinski definition) is 18. The van der Waals surface area contributed by atoms with Gasteiger partial charge in [-0.05, 0) is 38.8 Å². The second kappa shape index (κ2) is 14.5. The van der Waals surface area contributed by atoms with E-state index in [1.54, 1.807) is 0 Å². The third kappa shape index (κ3) is 6.46. The number of ether oxygens (including phenoxy) is 8. The van der Waals surface area contributed by atoms with Gasteiger partial charge in [0.25, 0.3) is 0 Å². The second-order valence-corrected chi connectivity index (χ2v) is 14.7. The number of esters is 7. The number of fused-ring (bicyclic) bond motifs is 5. The topological polar surface area (TPSA) is 247 Å². The maximum atomic E-state index is 13.9. The minimum Gasteiger partial charge on any atom is -0.465 e. The van der Waals surface area contributed by atoms with Crippen LogP contribution < -0.4 is 0 Å². The molecule has 3 fully saturated rings. The maximum absolute atomic E-state index is 13.9. The molecule has 2 aliphatic carbocycles. The van der Waals surface area contributed by atoms with Gasteiger partial charge in [-0.2, -0.15) is 0 Å². The molecular formula is C36H45NO17. The molecule has 12 atom stereocenters. The van der Waals surface area contributed by atoms with Crippen LogP contribution >= 0.6 is 0 Å². The lowest BCUT2D eigenvalue weighted by Crippen LogP contribution is -2.89. The summed E-state index contributed by atoms with van der Waals surface area (Å²) in [7, 11) is 0. The highest BCUT2D eigenvalue weighted by Gasteiger charge is 2.91. The van der Waals surface area contributed by atoms with Crippen molar-refractivity contribution < 1.29 is 81.7 Å². The van der Waals surface area contributed by atoms with E-state index in [1.807, 2.05) is 0 Å². The lowest BCUT2D eigenvalue weighted by atomic mass is 9.45. The highest BCUT2D eigenvalue weighted by Crippen LogP contribution is 2.70. The van der Waals surface area contributed by atoms with Crippen molar-refractivity contribution in [2.75, 3.05) is 13.2 Å². The quantitative estimate of drug-likeness (QED) is 0.292. The van der Waals surface area contributed by atoms with Crippen LogP contribution in [0.25, 0.3) is 0 Å². The molecule has 4 bridgehead atoms. The Balaban J connectivity index is 1.94. The molecule has 2 saturated carbocycles.